The summed E-state index contributed by atoms with van der Waals surface area (Å²) in [6.07, 6.45) is -3.80. The van der Waals surface area contributed by atoms with Crippen molar-refractivity contribution in [2.24, 2.45) is 0 Å². The van der Waals surface area contributed by atoms with Crippen LogP contribution >= 0.6 is 11.6 Å². The van der Waals surface area contributed by atoms with E-state index >= 15 is 0 Å². The molecule has 2 aromatic rings. The highest BCUT2D eigenvalue weighted by Gasteiger charge is 2.66. The predicted molar refractivity (Wildman–Crippen MR) is 73.6 cm³/mol. The third kappa shape index (κ3) is 1.97. The minimum atomic E-state index is -4.29. The van der Waals surface area contributed by atoms with Gasteiger partial charge in [0.2, 0.25) is 0 Å². The van der Waals surface area contributed by atoms with E-state index in [9.17, 15) is 13.2 Å². The highest BCUT2D eigenvalue weighted by molar-refractivity contribution is 6.17. The van der Waals surface area contributed by atoms with Gasteiger partial charge >= 0.3 is 6.18 Å². The lowest BCUT2D eigenvalue weighted by molar-refractivity contribution is -0.179. The number of hydrogen-bond acceptors (Lipinski definition) is 2. The summed E-state index contributed by atoms with van der Waals surface area (Å²) in [7, 11) is 0. The zero-order valence-electron chi connectivity index (χ0n) is 11.8. The normalized spacial score (nSPS) is 17.6. The summed E-state index contributed by atoms with van der Waals surface area (Å²) in [6, 6.07) is 0. The predicted octanol–water partition coefficient (Wildman–Crippen LogP) is 3.39. The third-order valence-electron chi connectivity index (χ3n) is 4.08. The molecule has 0 unspecified atom stereocenters. The van der Waals surface area contributed by atoms with Crippen LogP contribution < -0.4 is 0 Å². The molecule has 8 heteroatoms. The fourth-order valence-corrected chi connectivity index (χ4v) is 3.06. The van der Waals surface area contributed by atoms with E-state index in [4.69, 9.17) is 11.6 Å². The molecule has 1 aliphatic rings. The molecule has 0 atom stereocenters. The van der Waals surface area contributed by atoms with Crippen molar-refractivity contribution in [1.82, 2.24) is 19.3 Å². The molecule has 0 N–H and O–H groups in total. The molecule has 4 nitrogen and oxygen atoms in total. The van der Waals surface area contributed by atoms with Crippen molar-refractivity contribution in [3.63, 3.8) is 0 Å². The highest BCUT2D eigenvalue weighted by atomic mass is 35.5. The molecule has 0 radical (unpaired) electrons. The van der Waals surface area contributed by atoms with Gasteiger partial charge in [0.25, 0.3) is 0 Å². The molecular formula is C13H16ClF3N4. The number of nitrogens with zero attached hydrogens (tertiary/aromatic N) is 4. The lowest BCUT2D eigenvalue weighted by atomic mass is 10.2. The van der Waals surface area contributed by atoms with Crippen LogP contribution in [0.3, 0.4) is 0 Å². The lowest BCUT2D eigenvalue weighted by Gasteiger charge is -2.24. The molecule has 116 valence electrons. The van der Waals surface area contributed by atoms with E-state index in [0.717, 1.165) is 0 Å². The summed E-state index contributed by atoms with van der Waals surface area (Å²) in [4.78, 5) is 4.39. The van der Waals surface area contributed by atoms with Crippen LogP contribution in [0.15, 0.2) is 0 Å². The minimum absolute atomic E-state index is 0.0885. The van der Waals surface area contributed by atoms with Crippen molar-refractivity contribution in [2.75, 3.05) is 5.88 Å². The summed E-state index contributed by atoms with van der Waals surface area (Å²) in [5, 5.41) is 4.29. The number of alkyl halides is 4. The van der Waals surface area contributed by atoms with E-state index < -0.39 is 11.7 Å². The topological polar surface area (TPSA) is 35.6 Å². The number of aromatic nitrogens is 4. The van der Waals surface area contributed by atoms with Crippen molar-refractivity contribution < 1.29 is 13.2 Å². The Hall–Kier alpha value is -1.24. The Morgan fingerprint density at radius 3 is 2.48 bits per heavy atom. The van der Waals surface area contributed by atoms with Crippen LogP contribution in [-0.2, 0) is 18.5 Å². The Balaban J connectivity index is 2.31. The van der Waals surface area contributed by atoms with Crippen LogP contribution in [0.4, 0.5) is 13.2 Å². The first-order chi connectivity index (χ1) is 9.85. The smallest absolute Gasteiger partial charge is 0.297 e. The molecule has 1 saturated carbocycles. The molecule has 1 fully saturated rings. The molecule has 0 saturated heterocycles. The molecule has 0 aliphatic heterocycles. The Morgan fingerprint density at radius 1 is 1.33 bits per heavy atom. The maximum absolute atomic E-state index is 13.5. The van der Waals surface area contributed by atoms with Gasteiger partial charge in [-0.2, -0.15) is 18.3 Å². The van der Waals surface area contributed by atoms with Gasteiger partial charge in [-0.25, -0.2) is 9.67 Å². The number of halogens is 4. The summed E-state index contributed by atoms with van der Waals surface area (Å²) < 4.78 is 43.6. The van der Waals surface area contributed by atoms with Crippen LogP contribution in [0.2, 0.25) is 0 Å². The van der Waals surface area contributed by atoms with Crippen molar-refractivity contribution in [1.29, 1.82) is 0 Å². The van der Waals surface area contributed by atoms with Crippen molar-refractivity contribution in [2.45, 2.75) is 51.4 Å². The van der Waals surface area contributed by atoms with Crippen LogP contribution in [0.5, 0.6) is 0 Å². The first-order valence-corrected chi connectivity index (χ1v) is 7.47. The quantitative estimate of drug-likeness (QED) is 0.809. The zero-order chi connectivity index (χ0) is 15.4. The number of aryl methyl sites for hydroxylation is 3. The summed E-state index contributed by atoms with van der Waals surface area (Å²) in [5.41, 5.74) is -0.167. The van der Waals surface area contributed by atoms with Gasteiger partial charge < -0.3 is 0 Å². The average molecular weight is 321 g/mol. The van der Waals surface area contributed by atoms with E-state index in [0.29, 0.717) is 35.6 Å². The maximum atomic E-state index is 13.5. The monoisotopic (exact) mass is 320 g/mol. The Labute approximate surface area is 124 Å². The molecule has 0 amide bonds. The standard InChI is InChI=1S/C13H16ClF3N4/c1-3-20-11-10(8(2)19-20)18-9(4-7-14)21(11)12(5-6-12)13(15,16)17/h3-7H2,1-2H3. The van der Waals surface area contributed by atoms with Gasteiger partial charge in [-0.1, -0.05) is 0 Å². The van der Waals surface area contributed by atoms with E-state index in [1.165, 1.54) is 4.57 Å². The van der Waals surface area contributed by atoms with Crippen molar-refractivity contribution in [3.8, 4) is 0 Å². The van der Waals surface area contributed by atoms with Crippen LogP contribution in [0.25, 0.3) is 11.2 Å². The number of rotatable bonds is 4. The van der Waals surface area contributed by atoms with Crippen molar-refractivity contribution >= 4 is 22.8 Å². The van der Waals surface area contributed by atoms with Gasteiger partial charge in [-0.05, 0) is 26.7 Å². The maximum Gasteiger partial charge on any atom is 0.412 e. The van der Waals surface area contributed by atoms with Crippen molar-refractivity contribution in [3.05, 3.63) is 11.5 Å². The highest BCUT2D eigenvalue weighted by Crippen LogP contribution is 2.57. The summed E-state index contributed by atoms with van der Waals surface area (Å²) in [5.74, 6) is 0.643. The van der Waals surface area contributed by atoms with Gasteiger partial charge in [0.05, 0.1) is 5.69 Å². The van der Waals surface area contributed by atoms with Gasteiger partial charge in [-0.15, -0.1) is 11.6 Å². The fourth-order valence-electron chi connectivity index (χ4n) is 2.89. The molecule has 21 heavy (non-hydrogen) atoms. The summed E-state index contributed by atoms with van der Waals surface area (Å²) in [6.45, 7) is 4.13. The molecule has 0 spiro atoms. The van der Waals surface area contributed by atoms with E-state index in [-0.39, 0.29) is 18.7 Å². The number of imidazole rings is 1. The molecule has 1 aliphatic carbocycles. The number of fused-ring (bicyclic) bond motifs is 1. The molecule has 2 aromatic heterocycles. The van der Waals surface area contributed by atoms with Gasteiger partial charge in [0.1, 0.15) is 16.9 Å². The van der Waals surface area contributed by atoms with Crippen LogP contribution in [-0.4, -0.2) is 31.4 Å². The second-order valence-electron chi connectivity index (χ2n) is 5.41. The lowest BCUT2D eigenvalue weighted by Crippen LogP contribution is -2.36. The first-order valence-electron chi connectivity index (χ1n) is 6.93. The fraction of sp³-hybridized carbons (Fsp3) is 0.692. The van der Waals surface area contributed by atoms with Gasteiger partial charge in [0.15, 0.2) is 5.65 Å². The SMILES string of the molecule is CCn1nc(C)c2nc(CCCl)n(C3(C(F)(F)F)CC3)c21. The Bertz CT molecular complexity index is 682. The van der Waals surface area contributed by atoms with Gasteiger partial charge in [0, 0.05) is 18.8 Å². The summed E-state index contributed by atoms with van der Waals surface area (Å²) >= 11 is 5.74. The Morgan fingerprint density at radius 2 is 2.00 bits per heavy atom. The van der Waals surface area contributed by atoms with E-state index in [1.807, 2.05) is 6.92 Å². The first kappa shape index (κ1) is 14.7. The molecular weight excluding hydrogens is 305 g/mol. The zero-order valence-corrected chi connectivity index (χ0v) is 12.6. The van der Waals surface area contributed by atoms with Crippen LogP contribution in [0.1, 0.15) is 31.3 Å². The van der Waals surface area contributed by atoms with E-state index in [2.05, 4.69) is 10.1 Å². The minimum Gasteiger partial charge on any atom is -0.297 e. The second kappa shape index (κ2) is 4.63. The largest absolute Gasteiger partial charge is 0.412 e. The molecule has 0 aromatic carbocycles. The molecule has 0 bridgehead atoms. The van der Waals surface area contributed by atoms with E-state index in [1.54, 1.807) is 11.6 Å². The third-order valence-corrected chi connectivity index (χ3v) is 4.27. The number of hydrogen-bond donors (Lipinski definition) is 0. The molecule has 2 heterocycles. The Kier molecular flexibility index (Phi) is 3.24. The van der Waals surface area contributed by atoms with Crippen LogP contribution in [0, 0.1) is 6.92 Å². The average Bonchev–Trinajstić information content (AvgIpc) is 3.05. The van der Waals surface area contributed by atoms with Gasteiger partial charge in [-0.3, -0.25) is 4.57 Å². The second-order valence-corrected chi connectivity index (χ2v) is 5.78. The molecule has 3 rings (SSSR count).